The molecule has 0 radical (unpaired) electrons. The molecule has 0 saturated heterocycles. The Balaban J connectivity index is 1.43. The van der Waals surface area contributed by atoms with Gasteiger partial charge in [0.1, 0.15) is 12.4 Å². The summed E-state index contributed by atoms with van der Waals surface area (Å²) in [6, 6.07) is 11.6. The number of ether oxygens (including phenoxy) is 3. The Kier molecular flexibility index (Phi) is 5.23. The third-order valence-corrected chi connectivity index (χ3v) is 3.81. The highest BCUT2D eigenvalue weighted by Gasteiger charge is 2.12. The van der Waals surface area contributed by atoms with E-state index in [0.717, 1.165) is 22.6 Å². The number of nitrogens with one attached hydrogen (secondary N) is 1. The van der Waals surface area contributed by atoms with Gasteiger partial charge in [-0.05, 0) is 49.2 Å². The second-order valence-electron chi connectivity index (χ2n) is 5.85. The smallest absolute Gasteiger partial charge is 0.244 e. The summed E-state index contributed by atoms with van der Waals surface area (Å²) in [6.07, 6.45) is 3.23. The Morgan fingerprint density at radius 3 is 2.84 bits per heavy atom. The van der Waals surface area contributed by atoms with Gasteiger partial charge in [0.05, 0.1) is 6.54 Å². The second kappa shape index (κ2) is 7.75. The SMILES string of the molecule is Cc1ccc(OCCNC(=O)/C=C/c2ccc3c(c2)OCO3)c(C)c1. The predicted octanol–water partition coefficient (Wildman–Crippen LogP) is 3.24. The molecule has 5 heteroatoms. The van der Waals surface area contributed by atoms with E-state index in [4.69, 9.17) is 14.2 Å². The van der Waals surface area contributed by atoms with Crippen LogP contribution >= 0.6 is 0 Å². The van der Waals surface area contributed by atoms with Crippen LogP contribution in [0.25, 0.3) is 6.08 Å². The summed E-state index contributed by atoms with van der Waals surface area (Å²) in [5, 5.41) is 2.80. The molecule has 1 amide bonds. The molecule has 3 rings (SSSR count). The van der Waals surface area contributed by atoms with Gasteiger partial charge in [0.25, 0.3) is 0 Å². The number of aryl methyl sites for hydroxylation is 2. The predicted molar refractivity (Wildman–Crippen MR) is 96.0 cm³/mol. The minimum atomic E-state index is -0.165. The van der Waals surface area contributed by atoms with Crippen molar-refractivity contribution < 1.29 is 19.0 Å². The van der Waals surface area contributed by atoms with Gasteiger partial charge < -0.3 is 19.5 Å². The van der Waals surface area contributed by atoms with Crippen LogP contribution in [0, 0.1) is 13.8 Å². The van der Waals surface area contributed by atoms with E-state index >= 15 is 0 Å². The number of fused-ring (bicyclic) bond motifs is 1. The lowest BCUT2D eigenvalue weighted by Crippen LogP contribution is -2.26. The first-order chi connectivity index (χ1) is 12.1. The molecule has 25 heavy (non-hydrogen) atoms. The number of carbonyl (C=O) groups is 1. The van der Waals surface area contributed by atoms with Crippen LogP contribution in [-0.4, -0.2) is 25.9 Å². The lowest BCUT2D eigenvalue weighted by atomic mass is 10.1. The van der Waals surface area contributed by atoms with E-state index < -0.39 is 0 Å². The first-order valence-electron chi connectivity index (χ1n) is 8.17. The summed E-state index contributed by atoms with van der Waals surface area (Å²) in [6.45, 7) is 5.16. The first-order valence-corrected chi connectivity index (χ1v) is 8.17. The van der Waals surface area contributed by atoms with Crippen LogP contribution in [0.3, 0.4) is 0 Å². The molecule has 0 atom stereocenters. The highest BCUT2D eigenvalue weighted by Crippen LogP contribution is 2.32. The fraction of sp³-hybridized carbons (Fsp3) is 0.250. The van der Waals surface area contributed by atoms with E-state index in [2.05, 4.69) is 11.4 Å². The van der Waals surface area contributed by atoms with Gasteiger partial charge >= 0.3 is 0 Å². The summed E-state index contributed by atoms with van der Waals surface area (Å²) >= 11 is 0. The van der Waals surface area contributed by atoms with Crippen LogP contribution in [0.15, 0.2) is 42.5 Å². The van der Waals surface area contributed by atoms with Crippen LogP contribution in [0.5, 0.6) is 17.2 Å². The van der Waals surface area contributed by atoms with Crippen molar-refractivity contribution in [3.05, 3.63) is 59.2 Å². The second-order valence-corrected chi connectivity index (χ2v) is 5.85. The molecular formula is C20H21NO4. The first kappa shape index (κ1) is 16.9. The summed E-state index contributed by atoms with van der Waals surface area (Å²) in [7, 11) is 0. The molecule has 0 aromatic heterocycles. The number of rotatable bonds is 6. The maximum Gasteiger partial charge on any atom is 0.244 e. The van der Waals surface area contributed by atoms with Gasteiger partial charge in [0, 0.05) is 6.08 Å². The molecule has 0 aliphatic carbocycles. The molecule has 0 fully saturated rings. The summed E-state index contributed by atoms with van der Waals surface area (Å²) in [5.74, 6) is 2.10. The van der Waals surface area contributed by atoms with Crippen LogP contribution in [0.4, 0.5) is 0 Å². The number of hydrogen-bond donors (Lipinski definition) is 1. The van der Waals surface area contributed by atoms with Gasteiger partial charge in [0.2, 0.25) is 12.7 Å². The minimum Gasteiger partial charge on any atom is -0.491 e. The summed E-state index contributed by atoms with van der Waals surface area (Å²) in [4.78, 5) is 11.9. The molecule has 1 aliphatic heterocycles. The Morgan fingerprint density at radius 1 is 1.16 bits per heavy atom. The molecular weight excluding hydrogens is 318 g/mol. The number of benzene rings is 2. The summed E-state index contributed by atoms with van der Waals surface area (Å²) < 4.78 is 16.3. The van der Waals surface area contributed by atoms with Crippen LogP contribution < -0.4 is 19.5 Å². The molecule has 0 bridgehead atoms. The largest absolute Gasteiger partial charge is 0.491 e. The fourth-order valence-corrected chi connectivity index (χ4v) is 2.54. The van der Waals surface area contributed by atoms with Gasteiger partial charge in [0.15, 0.2) is 11.5 Å². The lowest BCUT2D eigenvalue weighted by Gasteiger charge is -2.09. The zero-order chi connectivity index (χ0) is 17.6. The summed E-state index contributed by atoms with van der Waals surface area (Å²) in [5.41, 5.74) is 3.17. The van der Waals surface area contributed by atoms with Crippen LogP contribution in [-0.2, 0) is 4.79 Å². The van der Waals surface area contributed by atoms with E-state index in [9.17, 15) is 4.79 Å². The maximum atomic E-state index is 11.9. The quantitative estimate of drug-likeness (QED) is 0.648. The van der Waals surface area contributed by atoms with Crippen molar-refractivity contribution in [1.82, 2.24) is 5.32 Å². The molecule has 130 valence electrons. The zero-order valence-corrected chi connectivity index (χ0v) is 14.4. The highest BCUT2D eigenvalue weighted by molar-refractivity contribution is 5.91. The van der Waals surface area contributed by atoms with Crippen molar-refractivity contribution in [1.29, 1.82) is 0 Å². The molecule has 0 saturated carbocycles. The van der Waals surface area contributed by atoms with Gasteiger partial charge in [-0.25, -0.2) is 0 Å². The van der Waals surface area contributed by atoms with E-state index in [1.807, 2.05) is 44.2 Å². The van der Waals surface area contributed by atoms with E-state index in [1.54, 1.807) is 6.08 Å². The Labute approximate surface area is 147 Å². The van der Waals surface area contributed by atoms with E-state index in [0.29, 0.717) is 18.9 Å². The molecule has 2 aromatic rings. The average Bonchev–Trinajstić information content (AvgIpc) is 3.06. The monoisotopic (exact) mass is 339 g/mol. The molecule has 1 aliphatic rings. The van der Waals surface area contributed by atoms with E-state index in [-0.39, 0.29) is 12.7 Å². The van der Waals surface area contributed by atoms with Crippen molar-refractivity contribution >= 4 is 12.0 Å². The van der Waals surface area contributed by atoms with Crippen molar-refractivity contribution in [3.8, 4) is 17.2 Å². The van der Waals surface area contributed by atoms with Crippen molar-refractivity contribution in [3.63, 3.8) is 0 Å². The Bertz CT molecular complexity index is 798. The molecule has 1 heterocycles. The third-order valence-electron chi connectivity index (χ3n) is 3.81. The lowest BCUT2D eigenvalue weighted by molar-refractivity contribution is -0.116. The molecule has 2 aromatic carbocycles. The van der Waals surface area contributed by atoms with Crippen LogP contribution in [0.2, 0.25) is 0 Å². The minimum absolute atomic E-state index is 0.165. The number of carbonyl (C=O) groups excluding carboxylic acids is 1. The van der Waals surface area contributed by atoms with Gasteiger partial charge in [-0.1, -0.05) is 23.8 Å². The number of hydrogen-bond acceptors (Lipinski definition) is 4. The van der Waals surface area contributed by atoms with E-state index in [1.165, 1.54) is 11.6 Å². The molecule has 0 unspecified atom stereocenters. The Hall–Kier alpha value is -2.95. The van der Waals surface area contributed by atoms with Crippen molar-refractivity contribution in [2.75, 3.05) is 19.9 Å². The van der Waals surface area contributed by atoms with Gasteiger partial charge in [-0.2, -0.15) is 0 Å². The van der Waals surface area contributed by atoms with Crippen molar-refractivity contribution in [2.45, 2.75) is 13.8 Å². The van der Waals surface area contributed by atoms with Gasteiger partial charge in [-0.3, -0.25) is 4.79 Å². The molecule has 5 nitrogen and oxygen atoms in total. The topological polar surface area (TPSA) is 56.8 Å². The molecule has 1 N–H and O–H groups in total. The zero-order valence-electron chi connectivity index (χ0n) is 14.4. The van der Waals surface area contributed by atoms with Gasteiger partial charge in [-0.15, -0.1) is 0 Å². The maximum absolute atomic E-state index is 11.9. The number of amides is 1. The van der Waals surface area contributed by atoms with Crippen LogP contribution in [0.1, 0.15) is 16.7 Å². The normalized spacial score (nSPS) is 12.4. The highest BCUT2D eigenvalue weighted by atomic mass is 16.7. The van der Waals surface area contributed by atoms with Crippen molar-refractivity contribution in [2.24, 2.45) is 0 Å². The molecule has 0 spiro atoms. The Morgan fingerprint density at radius 2 is 2.00 bits per heavy atom. The fourth-order valence-electron chi connectivity index (χ4n) is 2.54. The average molecular weight is 339 g/mol. The standard InChI is InChI=1S/C20H21NO4/c1-14-3-6-17(15(2)11-14)23-10-9-21-20(22)8-5-16-4-7-18-19(12-16)25-13-24-18/h3-8,11-12H,9-10,13H2,1-2H3,(H,21,22)/b8-5+. The third kappa shape index (κ3) is 4.53.